The number of nitrogens with two attached hydrogens (primary N) is 1. The summed E-state index contributed by atoms with van der Waals surface area (Å²) in [7, 11) is 3.33. The summed E-state index contributed by atoms with van der Waals surface area (Å²) in [5.74, 6) is 0.648. The molecule has 0 heterocycles. The number of hydrogen-bond donors (Lipinski definition) is 1. The molecule has 4 heteroatoms. The number of ether oxygens (including phenoxy) is 2. The minimum atomic E-state index is -0.295. The third kappa shape index (κ3) is 4.21. The molecule has 0 aromatic carbocycles. The van der Waals surface area contributed by atoms with E-state index in [1.165, 1.54) is 6.42 Å². The Morgan fingerprint density at radius 2 is 1.76 bits per heavy atom. The molecule has 0 spiro atoms. The number of likely N-dealkylation sites (N-methyl/N-ethyl adjacent to an activating group) is 1. The van der Waals surface area contributed by atoms with Gasteiger partial charge in [-0.1, -0.05) is 27.2 Å². The lowest BCUT2D eigenvalue weighted by Crippen LogP contribution is -2.61. The maximum Gasteiger partial charge on any atom is 0.176 e. The minimum absolute atomic E-state index is 0.276. The van der Waals surface area contributed by atoms with Gasteiger partial charge in [0.05, 0.1) is 5.54 Å². The van der Waals surface area contributed by atoms with Crippen LogP contribution in [0.4, 0.5) is 0 Å². The molecule has 0 aromatic rings. The van der Waals surface area contributed by atoms with Gasteiger partial charge in [0, 0.05) is 27.3 Å². The van der Waals surface area contributed by atoms with E-state index in [0.29, 0.717) is 12.5 Å². The lowest BCUT2D eigenvalue weighted by Gasteiger charge is -2.44. The van der Waals surface area contributed by atoms with E-state index in [0.717, 1.165) is 13.1 Å². The Hall–Kier alpha value is -0.160. The van der Waals surface area contributed by atoms with Gasteiger partial charge in [0.2, 0.25) is 0 Å². The van der Waals surface area contributed by atoms with Gasteiger partial charge in [-0.05, 0) is 19.4 Å². The first kappa shape index (κ1) is 16.8. The van der Waals surface area contributed by atoms with Gasteiger partial charge in [-0.3, -0.25) is 4.90 Å². The maximum absolute atomic E-state index is 5.95. The summed E-state index contributed by atoms with van der Waals surface area (Å²) >= 11 is 0. The molecule has 0 fully saturated rings. The van der Waals surface area contributed by atoms with Gasteiger partial charge in [-0.2, -0.15) is 0 Å². The Labute approximate surface area is 106 Å². The predicted octanol–water partition coefficient (Wildman–Crippen LogP) is 1.69. The van der Waals surface area contributed by atoms with Crippen molar-refractivity contribution in [1.82, 2.24) is 4.90 Å². The van der Waals surface area contributed by atoms with Crippen LogP contribution >= 0.6 is 0 Å². The first-order valence-electron chi connectivity index (χ1n) is 6.50. The van der Waals surface area contributed by atoms with Crippen LogP contribution in [0.5, 0.6) is 0 Å². The second kappa shape index (κ2) is 8.03. The van der Waals surface area contributed by atoms with Crippen molar-refractivity contribution in [3.05, 3.63) is 0 Å². The van der Waals surface area contributed by atoms with Crippen LogP contribution in [-0.2, 0) is 9.47 Å². The van der Waals surface area contributed by atoms with Crippen molar-refractivity contribution in [2.24, 2.45) is 11.7 Å². The van der Waals surface area contributed by atoms with Crippen molar-refractivity contribution in [3.63, 3.8) is 0 Å². The average molecular weight is 246 g/mol. The van der Waals surface area contributed by atoms with Gasteiger partial charge in [0.1, 0.15) is 0 Å². The van der Waals surface area contributed by atoms with Crippen molar-refractivity contribution < 1.29 is 9.47 Å². The van der Waals surface area contributed by atoms with Crippen LogP contribution in [0.25, 0.3) is 0 Å². The Bertz CT molecular complexity index is 198. The van der Waals surface area contributed by atoms with Gasteiger partial charge in [-0.15, -0.1) is 0 Å². The SMILES string of the molecule is CCC(C)CN(CC)C(C)(CN)C(OC)OC. The molecule has 17 heavy (non-hydrogen) atoms. The van der Waals surface area contributed by atoms with E-state index in [1.807, 2.05) is 0 Å². The summed E-state index contributed by atoms with van der Waals surface area (Å²) in [6, 6.07) is 0. The molecule has 2 unspecified atom stereocenters. The zero-order valence-corrected chi connectivity index (χ0v) is 12.3. The fraction of sp³-hybridized carbons (Fsp3) is 1.00. The van der Waals surface area contributed by atoms with Crippen LogP contribution in [0.15, 0.2) is 0 Å². The van der Waals surface area contributed by atoms with E-state index < -0.39 is 0 Å². The average Bonchev–Trinajstić information content (AvgIpc) is 2.36. The lowest BCUT2D eigenvalue weighted by atomic mass is 9.96. The molecule has 104 valence electrons. The number of hydrogen-bond acceptors (Lipinski definition) is 4. The molecule has 0 radical (unpaired) electrons. The van der Waals surface area contributed by atoms with E-state index in [9.17, 15) is 0 Å². The van der Waals surface area contributed by atoms with Crippen LogP contribution in [0.1, 0.15) is 34.1 Å². The molecule has 4 nitrogen and oxygen atoms in total. The summed E-state index contributed by atoms with van der Waals surface area (Å²) in [6.45, 7) is 11.2. The lowest BCUT2D eigenvalue weighted by molar-refractivity contribution is -0.182. The summed E-state index contributed by atoms with van der Waals surface area (Å²) in [6.07, 6.45) is 0.874. The van der Waals surface area contributed by atoms with Crippen molar-refractivity contribution in [2.75, 3.05) is 33.9 Å². The summed E-state index contributed by atoms with van der Waals surface area (Å²) in [5, 5.41) is 0. The molecular formula is C13H30N2O2. The fourth-order valence-electron chi connectivity index (χ4n) is 2.18. The van der Waals surface area contributed by atoms with E-state index in [-0.39, 0.29) is 11.8 Å². The van der Waals surface area contributed by atoms with Crippen LogP contribution < -0.4 is 5.73 Å². The monoisotopic (exact) mass is 246 g/mol. The summed E-state index contributed by atoms with van der Waals surface area (Å²) < 4.78 is 10.8. The number of methoxy groups -OCH3 is 2. The molecule has 0 aliphatic heterocycles. The molecule has 0 amide bonds. The van der Waals surface area contributed by atoms with Crippen molar-refractivity contribution in [2.45, 2.75) is 45.9 Å². The molecular weight excluding hydrogens is 216 g/mol. The van der Waals surface area contributed by atoms with Crippen LogP contribution in [0.2, 0.25) is 0 Å². The third-order valence-electron chi connectivity index (χ3n) is 3.68. The zero-order chi connectivity index (χ0) is 13.5. The molecule has 0 saturated carbocycles. The highest BCUT2D eigenvalue weighted by Crippen LogP contribution is 2.23. The van der Waals surface area contributed by atoms with Crippen LogP contribution in [-0.4, -0.2) is 50.6 Å². The van der Waals surface area contributed by atoms with Gasteiger partial charge < -0.3 is 15.2 Å². The third-order valence-corrected chi connectivity index (χ3v) is 3.68. The van der Waals surface area contributed by atoms with Gasteiger partial charge in [-0.25, -0.2) is 0 Å². The maximum atomic E-state index is 5.95. The number of nitrogens with zero attached hydrogens (tertiary/aromatic N) is 1. The van der Waals surface area contributed by atoms with E-state index in [2.05, 4.69) is 32.6 Å². The molecule has 0 saturated heterocycles. The zero-order valence-electron chi connectivity index (χ0n) is 12.3. The highest BCUT2D eigenvalue weighted by atomic mass is 16.7. The van der Waals surface area contributed by atoms with Gasteiger partial charge in [0.15, 0.2) is 6.29 Å². The second-order valence-corrected chi connectivity index (χ2v) is 4.92. The Morgan fingerprint density at radius 3 is 2.06 bits per heavy atom. The van der Waals surface area contributed by atoms with Crippen molar-refractivity contribution in [1.29, 1.82) is 0 Å². The van der Waals surface area contributed by atoms with Crippen LogP contribution in [0.3, 0.4) is 0 Å². The second-order valence-electron chi connectivity index (χ2n) is 4.92. The molecule has 0 aliphatic rings. The van der Waals surface area contributed by atoms with Crippen molar-refractivity contribution >= 4 is 0 Å². The highest BCUT2D eigenvalue weighted by molar-refractivity contribution is 4.91. The van der Waals surface area contributed by atoms with Gasteiger partial charge in [0.25, 0.3) is 0 Å². The van der Waals surface area contributed by atoms with E-state index in [4.69, 9.17) is 15.2 Å². The Kier molecular flexibility index (Phi) is 7.96. The van der Waals surface area contributed by atoms with Gasteiger partial charge >= 0.3 is 0 Å². The van der Waals surface area contributed by atoms with Crippen LogP contribution in [0, 0.1) is 5.92 Å². The molecule has 0 bridgehead atoms. The topological polar surface area (TPSA) is 47.7 Å². The Balaban J connectivity index is 4.87. The van der Waals surface area contributed by atoms with Crippen molar-refractivity contribution in [3.8, 4) is 0 Å². The molecule has 2 N–H and O–H groups in total. The first-order chi connectivity index (χ1) is 7.99. The molecule has 0 aliphatic carbocycles. The highest BCUT2D eigenvalue weighted by Gasteiger charge is 2.39. The quantitative estimate of drug-likeness (QED) is 0.629. The molecule has 2 atom stereocenters. The number of rotatable bonds is 9. The molecule has 0 rings (SSSR count). The van der Waals surface area contributed by atoms with E-state index in [1.54, 1.807) is 14.2 Å². The minimum Gasteiger partial charge on any atom is -0.354 e. The first-order valence-corrected chi connectivity index (χ1v) is 6.50. The smallest absolute Gasteiger partial charge is 0.176 e. The largest absolute Gasteiger partial charge is 0.354 e. The normalized spacial score (nSPS) is 17.5. The molecule has 0 aromatic heterocycles. The standard InChI is InChI=1S/C13H30N2O2/c1-7-11(3)9-15(8-2)13(4,10-14)12(16-5)17-6/h11-12H,7-10,14H2,1-6H3. The predicted molar refractivity (Wildman–Crippen MR) is 72.0 cm³/mol. The summed E-state index contributed by atoms with van der Waals surface area (Å²) in [5.41, 5.74) is 5.67. The van der Waals surface area contributed by atoms with E-state index >= 15 is 0 Å². The summed E-state index contributed by atoms with van der Waals surface area (Å²) in [4.78, 5) is 2.36. The fourth-order valence-corrected chi connectivity index (χ4v) is 2.18. The Morgan fingerprint density at radius 1 is 1.24 bits per heavy atom.